The molecule has 8 nitrogen and oxygen atoms in total. The number of hydrogen-bond donors (Lipinski definition) is 1. The Morgan fingerprint density at radius 1 is 1.33 bits per heavy atom. The Kier molecular flexibility index (Phi) is 4.37. The predicted molar refractivity (Wildman–Crippen MR) is 87.1 cm³/mol. The third kappa shape index (κ3) is 2.91. The second-order valence-electron chi connectivity index (χ2n) is 6.33. The minimum Gasteiger partial charge on any atom is -0.409 e. The fourth-order valence-corrected chi connectivity index (χ4v) is 3.17. The molecule has 1 saturated carbocycles. The maximum atomic E-state index is 11.4. The van der Waals surface area contributed by atoms with Gasteiger partial charge in [0.1, 0.15) is 5.69 Å². The first kappa shape index (κ1) is 16.2. The Bertz CT molecular complexity index is 823. The van der Waals surface area contributed by atoms with Crippen molar-refractivity contribution in [2.45, 2.75) is 45.6 Å². The highest BCUT2D eigenvalue weighted by Gasteiger charge is 2.27. The largest absolute Gasteiger partial charge is 0.438 e. The van der Waals surface area contributed by atoms with Gasteiger partial charge in [-0.2, -0.15) is 0 Å². The molecule has 0 radical (unpaired) electrons. The molecule has 0 unspecified atom stereocenters. The van der Waals surface area contributed by atoms with Crippen molar-refractivity contribution >= 4 is 5.82 Å². The molecule has 24 heavy (non-hydrogen) atoms. The monoisotopic (exact) mass is 331 g/mol. The SMILES string of the molecule is Cc1ccccc1-n1nc([N+](=O)[O-])c(=N[C@@H]2CCCC[C@@H]2C)n1O. The number of aromatic nitrogens is 3. The van der Waals surface area contributed by atoms with Gasteiger partial charge in [-0.15, -0.1) is 0 Å². The number of nitrogens with zero attached hydrogens (tertiary/aromatic N) is 5. The molecular weight excluding hydrogens is 310 g/mol. The van der Waals surface area contributed by atoms with Gasteiger partial charge < -0.3 is 15.3 Å². The third-order valence-electron chi connectivity index (χ3n) is 4.62. The van der Waals surface area contributed by atoms with Crippen LogP contribution in [0.3, 0.4) is 0 Å². The molecule has 3 rings (SSSR count). The molecule has 1 aromatic heterocycles. The van der Waals surface area contributed by atoms with E-state index in [9.17, 15) is 15.3 Å². The maximum Gasteiger partial charge on any atom is 0.438 e. The van der Waals surface area contributed by atoms with Crippen molar-refractivity contribution in [1.29, 1.82) is 0 Å². The minimum atomic E-state index is -0.603. The molecule has 1 aromatic carbocycles. The summed E-state index contributed by atoms with van der Waals surface area (Å²) in [6.45, 7) is 3.94. The van der Waals surface area contributed by atoms with E-state index in [-0.39, 0.29) is 11.5 Å². The van der Waals surface area contributed by atoms with E-state index in [1.165, 1.54) is 0 Å². The summed E-state index contributed by atoms with van der Waals surface area (Å²) in [7, 11) is 0. The zero-order valence-corrected chi connectivity index (χ0v) is 13.8. The van der Waals surface area contributed by atoms with Crippen molar-refractivity contribution in [1.82, 2.24) is 14.7 Å². The lowest BCUT2D eigenvalue weighted by atomic mass is 9.86. The molecule has 0 spiro atoms. The van der Waals surface area contributed by atoms with Gasteiger partial charge in [-0.3, -0.25) is 4.99 Å². The van der Waals surface area contributed by atoms with E-state index in [1.807, 2.05) is 19.1 Å². The van der Waals surface area contributed by atoms with E-state index in [4.69, 9.17) is 0 Å². The van der Waals surface area contributed by atoms with Crippen LogP contribution in [0.25, 0.3) is 5.69 Å². The van der Waals surface area contributed by atoms with Gasteiger partial charge in [0, 0.05) is 0 Å². The summed E-state index contributed by atoms with van der Waals surface area (Å²) >= 11 is 0. The van der Waals surface area contributed by atoms with Crippen molar-refractivity contribution < 1.29 is 10.1 Å². The third-order valence-corrected chi connectivity index (χ3v) is 4.62. The van der Waals surface area contributed by atoms with Crippen molar-refractivity contribution in [3.05, 3.63) is 45.4 Å². The Hall–Kier alpha value is -2.64. The van der Waals surface area contributed by atoms with Gasteiger partial charge >= 0.3 is 5.82 Å². The van der Waals surface area contributed by atoms with Gasteiger partial charge in [-0.25, -0.2) is 0 Å². The number of para-hydroxylation sites is 1. The summed E-state index contributed by atoms with van der Waals surface area (Å²) < 4.78 is 0. The number of benzene rings is 1. The minimum absolute atomic E-state index is 0.0367. The molecular formula is C16H21N5O3. The topological polar surface area (TPSA) is 98.5 Å². The highest BCUT2D eigenvalue weighted by Crippen LogP contribution is 2.26. The van der Waals surface area contributed by atoms with E-state index >= 15 is 0 Å². The molecule has 2 atom stereocenters. The van der Waals surface area contributed by atoms with E-state index in [2.05, 4.69) is 17.0 Å². The first-order valence-electron chi connectivity index (χ1n) is 8.15. The summed E-state index contributed by atoms with van der Waals surface area (Å²) in [5.74, 6) is -0.0984. The Balaban J connectivity index is 2.15. The average molecular weight is 331 g/mol. The van der Waals surface area contributed by atoms with Gasteiger partial charge in [0.05, 0.1) is 11.1 Å². The number of aryl methyl sites for hydroxylation is 1. The van der Waals surface area contributed by atoms with Gasteiger partial charge in [0.25, 0.3) is 5.49 Å². The number of rotatable bonds is 3. The van der Waals surface area contributed by atoms with E-state index in [1.54, 1.807) is 12.1 Å². The summed E-state index contributed by atoms with van der Waals surface area (Å²) in [5, 5.41) is 25.8. The molecule has 1 N–H and O–H groups in total. The van der Waals surface area contributed by atoms with Crippen LogP contribution in [0.1, 0.15) is 38.2 Å². The Labute approximate surface area is 139 Å². The summed E-state index contributed by atoms with van der Waals surface area (Å²) in [6, 6.07) is 7.20. The first-order chi connectivity index (χ1) is 11.5. The highest BCUT2D eigenvalue weighted by atomic mass is 16.6. The van der Waals surface area contributed by atoms with Crippen molar-refractivity contribution in [2.24, 2.45) is 10.9 Å². The number of hydrogen-bond acceptors (Lipinski definition) is 5. The van der Waals surface area contributed by atoms with Crippen LogP contribution in [-0.4, -0.2) is 30.9 Å². The van der Waals surface area contributed by atoms with Crippen LogP contribution in [0.15, 0.2) is 29.3 Å². The Morgan fingerprint density at radius 3 is 2.71 bits per heavy atom. The zero-order valence-electron chi connectivity index (χ0n) is 13.8. The van der Waals surface area contributed by atoms with Crippen molar-refractivity contribution in [2.75, 3.05) is 0 Å². The van der Waals surface area contributed by atoms with E-state index in [0.717, 1.165) is 36.0 Å². The molecule has 8 heteroatoms. The Morgan fingerprint density at radius 2 is 2.04 bits per heavy atom. The smallest absolute Gasteiger partial charge is 0.409 e. The zero-order chi connectivity index (χ0) is 17.3. The maximum absolute atomic E-state index is 11.4. The van der Waals surface area contributed by atoms with E-state index < -0.39 is 10.7 Å². The average Bonchev–Trinajstić information content (AvgIpc) is 2.87. The lowest BCUT2D eigenvalue weighted by Crippen LogP contribution is -2.28. The van der Waals surface area contributed by atoms with Crippen LogP contribution >= 0.6 is 0 Å². The lowest BCUT2D eigenvalue weighted by Gasteiger charge is -2.24. The molecule has 1 heterocycles. The van der Waals surface area contributed by atoms with Crippen LogP contribution in [0.4, 0.5) is 5.82 Å². The van der Waals surface area contributed by atoms with Crippen molar-refractivity contribution in [3.8, 4) is 5.69 Å². The second kappa shape index (κ2) is 6.46. The fraction of sp³-hybridized carbons (Fsp3) is 0.500. The molecule has 1 aliphatic rings. The molecule has 128 valence electrons. The van der Waals surface area contributed by atoms with E-state index in [0.29, 0.717) is 16.5 Å². The molecule has 0 bridgehead atoms. The normalized spacial score (nSPS) is 21.8. The summed E-state index contributed by atoms with van der Waals surface area (Å²) in [5.41, 5.74) is 1.32. The summed E-state index contributed by atoms with van der Waals surface area (Å²) in [6.07, 6.45) is 4.10. The molecule has 0 aliphatic heterocycles. The summed E-state index contributed by atoms with van der Waals surface area (Å²) in [4.78, 5) is 17.1. The van der Waals surface area contributed by atoms with Crippen LogP contribution in [0.2, 0.25) is 0 Å². The molecule has 1 fully saturated rings. The van der Waals surface area contributed by atoms with Gasteiger partial charge in [-0.05, 0) is 47.0 Å². The lowest BCUT2D eigenvalue weighted by molar-refractivity contribution is -0.391. The van der Waals surface area contributed by atoms with Crippen LogP contribution in [0, 0.1) is 23.0 Å². The molecule has 1 aliphatic carbocycles. The van der Waals surface area contributed by atoms with Gasteiger partial charge in [0.15, 0.2) is 0 Å². The first-order valence-corrected chi connectivity index (χ1v) is 8.15. The predicted octanol–water partition coefficient (Wildman–Crippen LogP) is 2.61. The van der Waals surface area contributed by atoms with Crippen molar-refractivity contribution in [3.63, 3.8) is 0 Å². The molecule has 0 saturated heterocycles. The van der Waals surface area contributed by atoms with Crippen LogP contribution in [-0.2, 0) is 0 Å². The fourth-order valence-electron chi connectivity index (χ4n) is 3.17. The van der Waals surface area contributed by atoms with Crippen LogP contribution in [0.5, 0.6) is 0 Å². The standard InChI is InChI=1S/C16H21N5O3/c1-11-7-3-5-9-13(11)17-15-16(21(23)24)18-19(20(15)22)14-10-6-4-8-12(14)2/h4,6,8,10-11,13,22H,3,5,7,9H2,1-2H3/t11-,13+/m0/s1. The van der Waals surface area contributed by atoms with Gasteiger partial charge in [0.2, 0.25) is 0 Å². The second-order valence-corrected chi connectivity index (χ2v) is 6.33. The molecule has 2 aromatic rings. The quantitative estimate of drug-likeness (QED) is 0.531. The van der Waals surface area contributed by atoms with Crippen LogP contribution < -0.4 is 5.49 Å². The molecule has 0 amide bonds. The highest BCUT2D eigenvalue weighted by molar-refractivity contribution is 5.38. The number of nitro groups is 1. The van der Waals surface area contributed by atoms with Gasteiger partial charge in [-0.1, -0.05) is 42.8 Å².